The van der Waals surface area contributed by atoms with Gasteiger partial charge in [-0.1, -0.05) is 19.1 Å². The molecule has 1 aliphatic rings. The molecule has 0 aliphatic heterocycles. The Bertz CT molecular complexity index is 699. The lowest BCUT2D eigenvalue weighted by molar-refractivity contribution is 0.130. The molecule has 140 valence electrons. The van der Waals surface area contributed by atoms with Gasteiger partial charge in [0.25, 0.3) is 0 Å². The fourth-order valence-corrected chi connectivity index (χ4v) is 5.31. The topological polar surface area (TPSA) is 95.7 Å². The molecule has 1 aromatic rings. The van der Waals surface area contributed by atoms with Crippen LogP contribution in [0.25, 0.3) is 0 Å². The molecule has 0 amide bonds. The molecule has 0 bridgehead atoms. The second-order valence-electron chi connectivity index (χ2n) is 6.82. The number of hydrogen-bond donors (Lipinski definition) is 3. The monoisotopic (exact) mass is 385 g/mol. The molecular weight excluding hydrogens is 358 g/mol. The molecule has 25 heavy (non-hydrogen) atoms. The molecule has 1 saturated carbocycles. The minimum Gasteiger partial charge on any atom is -0.392 e. The number of sulfonamides is 1. The lowest BCUT2D eigenvalue weighted by Crippen LogP contribution is -2.45. The third kappa shape index (κ3) is 5.13. The molecular formula is C17H27N3O3S2. The highest BCUT2D eigenvalue weighted by Gasteiger charge is 2.35. The third-order valence-electron chi connectivity index (χ3n) is 4.57. The van der Waals surface area contributed by atoms with Crippen LogP contribution in [0.4, 0.5) is 5.69 Å². The molecule has 0 aromatic heterocycles. The summed E-state index contributed by atoms with van der Waals surface area (Å²) in [5.41, 5.74) is 5.88. The molecule has 0 spiro atoms. The number of nitrogens with zero attached hydrogens (tertiary/aromatic N) is 1. The smallest absolute Gasteiger partial charge is 0.245 e. The highest BCUT2D eigenvalue weighted by molar-refractivity contribution is 7.89. The third-order valence-corrected chi connectivity index (χ3v) is 6.65. The number of nitrogens with two attached hydrogens (primary N) is 1. The van der Waals surface area contributed by atoms with Gasteiger partial charge in [0.05, 0.1) is 11.8 Å². The van der Waals surface area contributed by atoms with Gasteiger partial charge in [-0.25, -0.2) is 8.42 Å². The molecule has 1 aliphatic carbocycles. The Morgan fingerprint density at radius 1 is 1.36 bits per heavy atom. The number of rotatable bonds is 6. The maximum absolute atomic E-state index is 13.3. The molecule has 0 saturated heterocycles. The largest absolute Gasteiger partial charge is 0.392 e. The number of nitrogens with one attached hydrogen (secondary N) is 1. The van der Waals surface area contributed by atoms with Crippen LogP contribution in [0.1, 0.15) is 39.5 Å². The first-order chi connectivity index (χ1) is 11.7. The van der Waals surface area contributed by atoms with E-state index < -0.39 is 16.1 Å². The number of aliphatic hydroxyl groups is 1. The fourth-order valence-electron chi connectivity index (χ4n) is 3.29. The first kappa shape index (κ1) is 20.1. The summed E-state index contributed by atoms with van der Waals surface area (Å²) in [5.74, 6) is 0.607. The number of thiocarbonyl (C=S) groups is 1. The van der Waals surface area contributed by atoms with Gasteiger partial charge in [-0.2, -0.15) is 4.31 Å². The summed E-state index contributed by atoms with van der Waals surface area (Å²) in [6, 6.07) is 6.46. The van der Waals surface area contributed by atoms with E-state index >= 15 is 0 Å². The van der Waals surface area contributed by atoms with Crippen LogP contribution >= 0.6 is 12.2 Å². The van der Waals surface area contributed by atoms with E-state index in [1.54, 1.807) is 25.1 Å². The summed E-state index contributed by atoms with van der Waals surface area (Å²) in [5, 5.41) is 12.6. The van der Waals surface area contributed by atoms with Gasteiger partial charge in [-0.3, -0.25) is 0 Å². The minimum atomic E-state index is -3.79. The Balaban J connectivity index is 2.40. The number of para-hydroxylation sites is 1. The summed E-state index contributed by atoms with van der Waals surface area (Å²) in [6.07, 6.45) is 2.84. The molecule has 2 rings (SSSR count). The molecule has 1 aromatic carbocycles. The summed E-state index contributed by atoms with van der Waals surface area (Å²) >= 11 is 4.85. The van der Waals surface area contributed by atoms with Crippen molar-refractivity contribution < 1.29 is 13.5 Å². The molecule has 1 fully saturated rings. The minimum absolute atomic E-state index is 0.0104. The van der Waals surface area contributed by atoms with Gasteiger partial charge in [0, 0.05) is 12.6 Å². The SMILES string of the molecule is CC(O)CN(C1CCC(C)CC1)S(=O)(=O)c1ccccc1NC(N)=S. The van der Waals surface area contributed by atoms with E-state index in [1.807, 2.05) is 0 Å². The Labute approximate surface area is 155 Å². The highest BCUT2D eigenvalue weighted by Crippen LogP contribution is 2.32. The molecule has 0 radical (unpaired) electrons. The number of benzene rings is 1. The molecule has 1 atom stereocenters. The van der Waals surface area contributed by atoms with Crippen LogP contribution in [0, 0.1) is 5.92 Å². The number of hydrogen-bond acceptors (Lipinski definition) is 4. The Morgan fingerprint density at radius 3 is 2.52 bits per heavy atom. The second-order valence-corrected chi connectivity index (χ2v) is 9.12. The second kappa shape index (κ2) is 8.44. The highest BCUT2D eigenvalue weighted by atomic mass is 32.2. The zero-order valence-corrected chi connectivity index (χ0v) is 16.3. The molecule has 1 unspecified atom stereocenters. The van der Waals surface area contributed by atoms with Crippen molar-refractivity contribution in [3.05, 3.63) is 24.3 Å². The van der Waals surface area contributed by atoms with Crippen LogP contribution in [0.2, 0.25) is 0 Å². The lowest BCUT2D eigenvalue weighted by atomic mass is 9.87. The van der Waals surface area contributed by atoms with Crippen molar-refractivity contribution >= 4 is 33.0 Å². The van der Waals surface area contributed by atoms with E-state index in [4.69, 9.17) is 18.0 Å². The zero-order chi connectivity index (χ0) is 18.6. The first-order valence-corrected chi connectivity index (χ1v) is 10.4. The Morgan fingerprint density at radius 2 is 1.96 bits per heavy atom. The summed E-state index contributed by atoms with van der Waals surface area (Å²) in [6.45, 7) is 3.86. The lowest BCUT2D eigenvalue weighted by Gasteiger charge is -2.36. The average Bonchev–Trinajstić information content (AvgIpc) is 2.53. The maximum Gasteiger partial charge on any atom is 0.245 e. The van der Waals surface area contributed by atoms with E-state index in [-0.39, 0.29) is 22.6 Å². The van der Waals surface area contributed by atoms with E-state index in [1.165, 1.54) is 10.4 Å². The van der Waals surface area contributed by atoms with Gasteiger partial charge >= 0.3 is 0 Å². The molecule has 0 heterocycles. The summed E-state index contributed by atoms with van der Waals surface area (Å²) in [4.78, 5) is 0.127. The first-order valence-electron chi connectivity index (χ1n) is 8.57. The zero-order valence-electron chi connectivity index (χ0n) is 14.7. The van der Waals surface area contributed by atoms with Gasteiger partial charge in [0.15, 0.2) is 5.11 Å². The fraction of sp³-hybridized carbons (Fsp3) is 0.588. The molecule has 6 nitrogen and oxygen atoms in total. The predicted molar refractivity (Wildman–Crippen MR) is 104 cm³/mol. The van der Waals surface area contributed by atoms with Crippen molar-refractivity contribution in [1.82, 2.24) is 4.31 Å². The van der Waals surface area contributed by atoms with E-state index in [9.17, 15) is 13.5 Å². The summed E-state index contributed by atoms with van der Waals surface area (Å²) < 4.78 is 28.1. The van der Waals surface area contributed by atoms with Crippen molar-refractivity contribution in [1.29, 1.82) is 0 Å². The van der Waals surface area contributed by atoms with Gasteiger partial charge < -0.3 is 16.2 Å². The van der Waals surface area contributed by atoms with Crippen LogP contribution in [0.15, 0.2) is 29.2 Å². The van der Waals surface area contributed by atoms with E-state index in [0.717, 1.165) is 25.7 Å². The van der Waals surface area contributed by atoms with Crippen LogP contribution in [-0.4, -0.2) is 41.6 Å². The van der Waals surface area contributed by atoms with Crippen molar-refractivity contribution in [2.45, 2.75) is 56.6 Å². The molecule has 4 N–H and O–H groups in total. The van der Waals surface area contributed by atoms with Gasteiger partial charge in [0.2, 0.25) is 10.0 Å². The standard InChI is InChI=1S/C17H27N3O3S2/c1-12-7-9-14(10-8-12)20(11-13(2)21)25(22,23)16-6-4-3-5-15(16)19-17(18)24/h3-6,12-14,21H,7-11H2,1-2H3,(H3,18,19,24). The average molecular weight is 386 g/mol. The number of anilines is 1. The van der Waals surface area contributed by atoms with Crippen molar-refractivity contribution in [3.63, 3.8) is 0 Å². The quantitative estimate of drug-likeness (QED) is 0.650. The van der Waals surface area contributed by atoms with Crippen LogP contribution in [0.5, 0.6) is 0 Å². The Hall–Kier alpha value is -1.22. The van der Waals surface area contributed by atoms with Crippen LogP contribution in [-0.2, 0) is 10.0 Å². The van der Waals surface area contributed by atoms with E-state index in [0.29, 0.717) is 11.6 Å². The van der Waals surface area contributed by atoms with Crippen molar-refractivity contribution in [3.8, 4) is 0 Å². The molecule has 8 heteroatoms. The maximum atomic E-state index is 13.3. The Kier molecular flexibility index (Phi) is 6.79. The summed E-state index contributed by atoms with van der Waals surface area (Å²) in [7, 11) is -3.79. The van der Waals surface area contributed by atoms with E-state index in [2.05, 4.69) is 12.2 Å². The normalized spacial score (nSPS) is 22.6. The van der Waals surface area contributed by atoms with Crippen LogP contribution in [0.3, 0.4) is 0 Å². The van der Waals surface area contributed by atoms with Crippen molar-refractivity contribution in [2.75, 3.05) is 11.9 Å². The van der Waals surface area contributed by atoms with Gasteiger partial charge in [-0.05, 0) is 62.9 Å². The van der Waals surface area contributed by atoms with Gasteiger partial charge in [0.1, 0.15) is 4.90 Å². The van der Waals surface area contributed by atoms with Crippen LogP contribution < -0.4 is 11.1 Å². The van der Waals surface area contributed by atoms with Crippen molar-refractivity contribution in [2.24, 2.45) is 11.7 Å². The predicted octanol–water partition coefficient (Wildman–Crippen LogP) is 2.29. The van der Waals surface area contributed by atoms with Gasteiger partial charge in [-0.15, -0.1) is 0 Å². The number of aliphatic hydroxyl groups excluding tert-OH is 1.